The highest BCUT2D eigenvalue weighted by molar-refractivity contribution is 8.00. The van der Waals surface area contributed by atoms with Gasteiger partial charge in [-0.15, -0.1) is 11.8 Å². The lowest BCUT2D eigenvalue weighted by Gasteiger charge is -2.48. The zero-order valence-corrected chi connectivity index (χ0v) is 9.66. The molecule has 6 nitrogen and oxygen atoms in total. The van der Waals surface area contributed by atoms with Crippen LogP contribution in [0.25, 0.3) is 0 Å². The third-order valence-electron chi connectivity index (χ3n) is 2.44. The van der Waals surface area contributed by atoms with Crippen molar-refractivity contribution in [1.29, 1.82) is 0 Å². The minimum absolute atomic E-state index is 0.155. The molecule has 1 fully saturated rings. The number of carbonyl (C=O) groups is 1. The van der Waals surface area contributed by atoms with Gasteiger partial charge in [0.25, 0.3) is 0 Å². The number of β-lactam (4-membered cyclic amide) rings is 1. The second-order valence-electron chi connectivity index (χ2n) is 3.58. The van der Waals surface area contributed by atoms with Crippen molar-refractivity contribution in [3.05, 3.63) is 11.0 Å². The van der Waals surface area contributed by atoms with E-state index in [1.54, 1.807) is 6.92 Å². The predicted molar refractivity (Wildman–Crippen MR) is 55.8 cm³/mol. The Morgan fingerprint density at radius 2 is 2.20 bits per heavy atom. The number of nitrogens with zero attached hydrogens (tertiary/aromatic N) is 1. The third-order valence-corrected chi connectivity index (χ3v) is 5.03. The standard InChI is InChI=1S/C7H11N2O4PS/c1-3-2-15-7-4(8)5(10)9(7)6(3)14(11,12)13/h4,7H,2,8H2,1H3,(H2,11,12,13)/t4-,7-/m0/s1. The van der Waals surface area contributed by atoms with Crippen LogP contribution in [-0.2, 0) is 9.36 Å². The second-order valence-corrected chi connectivity index (χ2v) is 6.20. The summed E-state index contributed by atoms with van der Waals surface area (Å²) < 4.78 is 11.2. The number of thioether (sulfide) groups is 1. The van der Waals surface area contributed by atoms with Crippen LogP contribution in [0.5, 0.6) is 0 Å². The molecule has 2 rings (SSSR count). The highest BCUT2D eigenvalue weighted by Crippen LogP contribution is 2.55. The molecule has 2 heterocycles. The molecule has 84 valence electrons. The fourth-order valence-electron chi connectivity index (χ4n) is 1.76. The monoisotopic (exact) mass is 250 g/mol. The molecule has 2 aliphatic heterocycles. The number of fused-ring (bicyclic) bond motifs is 1. The molecule has 15 heavy (non-hydrogen) atoms. The van der Waals surface area contributed by atoms with Gasteiger partial charge in [0.05, 0.1) is 0 Å². The van der Waals surface area contributed by atoms with Crippen LogP contribution < -0.4 is 5.73 Å². The highest BCUT2D eigenvalue weighted by Gasteiger charge is 2.53. The van der Waals surface area contributed by atoms with E-state index >= 15 is 0 Å². The van der Waals surface area contributed by atoms with E-state index in [-0.39, 0.29) is 10.8 Å². The van der Waals surface area contributed by atoms with Crippen molar-refractivity contribution in [3.63, 3.8) is 0 Å². The summed E-state index contributed by atoms with van der Waals surface area (Å²) in [5, 5.41) is -0.316. The molecule has 1 saturated heterocycles. The van der Waals surface area contributed by atoms with Gasteiger partial charge < -0.3 is 15.5 Å². The fourth-order valence-corrected chi connectivity index (χ4v) is 4.26. The molecule has 0 bridgehead atoms. The van der Waals surface area contributed by atoms with Gasteiger partial charge in [-0.05, 0) is 12.5 Å². The minimum Gasteiger partial charge on any atom is -0.320 e. The first-order chi connectivity index (χ1) is 6.84. The number of rotatable bonds is 1. The van der Waals surface area contributed by atoms with Crippen LogP contribution in [-0.4, -0.2) is 37.8 Å². The number of nitrogens with two attached hydrogens (primary N) is 1. The molecule has 0 unspecified atom stereocenters. The van der Waals surface area contributed by atoms with Crippen LogP contribution in [0.2, 0.25) is 0 Å². The van der Waals surface area contributed by atoms with Gasteiger partial charge in [-0.2, -0.15) is 0 Å². The Hall–Kier alpha value is -0.330. The van der Waals surface area contributed by atoms with Crippen LogP contribution in [0.3, 0.4) is 0 Å². The molecule has 0 aromatic heterocycles. The summed E-state index contributed by atoms with van der Waals surface area (Å²) in [6.45, 7) is 1.62. The summed E-state index contributed by atoms with van der Waals surface area (Å²) in [6.07, 6.45) is 0. The zero-order chi connectivity index (χ0) is 11.4. The van der Waals surface area contributed by atoms with Crippen LogP contribution in [0.4, 0.5) is 0 Å². The van der Waals surface area contributed by atoms with E-state index in [0.717, 1.165) is 4.90 Å². The smallest absolute Gasteiger partial charge is 0.320 e. The summed E-state index contributed by atoms with van der Waals surface area (Å²) in [5.74, 6) is 0.0904. The maximum Gasteiger partial charge on any atom is 0.372 e. The maximum absolute atomic E-state index is 11.4. The van der Waals surface area contributed by atoms with Crippen LogP contribution in [0.1, 0.15) is 6.92 Å². The van der Waals surface area contributed by atoms with Gasteiger partial charge >= 0.3 is 7.60 Å². The van der Waals surface area contributed by atoms with Crippen LogP contribution in [0.15, 0.2) is 11.0 Å². The molecule has 0 aromatic carbocycles. The Morgan fingerprint density at radius 3 is 2.73 bits per heavy atom. The van der Waals surface area contributed by atoms with Crippen molar-refractivity contribution in [2.75, 3.05) is 5.75 Å². The fraction of sp³-hybridized carbons (Fsp3) is 0.571. The number of carbonyl (C=O) groups excluding carboxylic acids is 1. The van der Waals surface area contributed by atoms with E-state index in [2.05, 4.69) is 0 Å². The van der Waals surface area contributed by atoms with Crippen molar-refractivity contribution in [1.82, 2.24) is 4.90 Å². The molecule has 2 aliphatic rings. The molecule has 4 N–H and O–H groups in total. The SMILES string of the molecule is CC1=C(P(=O)(O)O)N2C(=O)[C@H](N)[C@@H]2SC1. The quantitative estimate of drug-likeness (QED) is 0.433. The molecule has 1 amide bonds. The van der Waals surface area contributed by atoms with E-state index in [1.807, 2.05) is 0 Å². The van der Waals surface area contributed by atoms with Gasteiger partial charge in [-0.25, -0.2) is 0 Å². The van der Waals surface area contributed by atoms with E-state index in [4.69, 9.17) is 15.5 Å². The van der Waals surface area contributed by atoms with Gasteiger partial charge in [0.1, 0.15) is 16.9 Å². The molecule has 0 aromatic rings. The molecular weight excluding hydrogens is 239 g/mol. The highest BCUT2D eigenvalue weighted by atomic mass is 32.2. The summed E-state index contributed by atoms with van der Waals surface area (Å²) in [5.41, 5.74) is 5.93. The van der Waals surface area contributed by atoms with E-state index in [1.165, 1.54) is 11.8 Å². The molecular formula is C7H11N2O4PS. The minimum atomic E-state index is -4.39. The van der Waals surface area contributed by atoms with Crippen molar-refractivity contribution >= 4 is 25.3 Å². The maximum atomic E-state index is 11.4. The lowest BCUT2D eigenvalue weighted by atomic mass is 10.1. The Balaban J connectivity index is 2.43. The lowest BCUT2D eigenvalue weighted by molar-refractivity contribution is -0.140. The van der Waals surface area contributed by atoms with Gasteiger partial charge in [-0.1, -0.05) is 0 Å². The largest absolute Gasteiger partial charge is 0.372 e. The molecule has 2 atom stereocenters. The van der Waals surface area contributed by atoms with Gasteiger partial charge in [0, 0.05) is 5.75 Å². The Morgan fingerprint density at radius 1 is 1.60 bits per heavy atom. The molecule has 0 spiro atoms. The Labute approximate surface area is 90.7 Å². The Bertz CT molecular complexity index is 404. The van der Waals surface area contributed by atoms with Crippen LogP contribution in [0, 0.1) is 0 Å². The average Bonchev–Trinajstić information content (AvgIpc) is 2.14. The zero-order valence-electron chi connectivity index (χ0n) is 7.95. The first-order valence-corrected chi connectivity index (χ1v) is 6.96. The number of hydrogen-bond acceptors (Lipinski definition) is 4. The molecule has 0 saturated carbocycles. The summed E-state index contributed by atoms with van der Waals surface area (Å²) >= 11 is 1.43. The molecule has 0 aliphatic carbocycles. The molecule has 8 heteroatoms. The first-order valence-electron chi connectivity index (χ1n) is 4.30. The summed E-state index contributed by atoms with van der Waals surface area (Å²) in [4.78, 5) is 30.8. The number of amides is 1. The Kier molecular flexibility index (Phi) is 2.48. The van der Waals surface area contributed by atoms with Crippen molar-refractivity contribution in [3.8, 4) is 0 Å². The predicted octanol–water partition coefficient (Wildman–Crippen LogP) is -0.362. The van der Waals surface area contributed by atoms with Crippen molar-refractivity contribution < 1.29 is 19.1 Å². The number of hydrogen-bond donors (Lipinski definition) is 3. The van der Waals surface area contributed by atoms with E-state index < -0.39 is 19.5 Å². The van der Waals surface area contributed by atoms with Crippen molar-refractivity contribution in [2.45, 2.75) is 18.3 Å². The van der Waals surface area contributed by atoms with Crippen LogP contribution >= 0.6 is 19.4 Å². The van der Waals surface area contributed by atoms with Gasteiger partial charge in [0.15, 0.2) is 0 Å². The normalized spacial score (nSPS) is 31.5. The van der Waals surface area contributed by atoms with E-state index in [0.29, 0.717) is 11.3 Å². The summed E-state index contributed by atoms with van der Waals surface area (Å²) in [7, 11) is -4.39. The second kappa shape index (κ2) is 3.33. The van der Waals surface area contributed by atoms with Gasteiger partial charge in [-0.3, -0.25) is 14.3 Å². The van der Waals surface area contributed by atoms with E-state index in [9.17, 15) is 9.36 Å². The first kappa shape index (κ1) is 11.2. The topological polar surface area (TPSA) is 104 Å². The lowest BCUT2D eigenvalue weighted by Crippen LogP contribution is -2.67. The molecule has 0 radical (unpaired) electrons. The third kappa shape index (κ3) is 1.55. The van der Waals surface area contributed by atoms with Gasteiger partial charge in [0.2, 0.25) is 5.91 Å². The average molecular weight is 250 g/mol. The summed E-state index contributed by atoms with van der Waals surface area (Å²) in [6, 6.07) is -0.635. The van der Waals surface area contributed by atoms with Crippen molar-refractivity contribution in [2.24, 2.45) is 5.73 Å².